The number of ether oxygens (including phenoxy) is 1. The average molecular weight is 545 g/mol. The zero-order valence-electron chi connectivity index (χ0n) is 21.0. The number of carbonyl (C=O) groups is 4. The van der Waals surface area contributed by atoms with Crippen LogP contribution in [0.1, 0.15) is 41.7 Å². The van der Waals surface area contributed by atoms with E-state index in [4.69, 9.17) is 20.4 Å². The van der Waals surface area contributed by atoms with Crippen molar-refractivity contribution < 1.29 is 42.2 Å². The summed E-state index contributed by atoms with van der Waals surface area (Å²) in [5.41, 5.74) is 5.46. The molecule has 0 aromatic carbocycles. The normalized spacial score (nSPS) is 10.4. The van der Waals surface area contributed by atoms with E-state index in [2.05, 4.69) is 25.9 Å². The van der Waals surface area contributed by atoms with E-state index in [0.29, 0.717) is 37.6 Å². The predicted octanol–water partition coefficient (Wildman–Crippen LogP) is 1.74. The number of alkyl carbamates (subject to hydrolysis) is 1. The number of amides is 3. The second kappa shape index (κ2) is 17.2. The number of rotatable bonds is 7. The molecule has 3 amide bonds. The van der Waals surface area contributed by atoms with Crippen molar-refractivity contribution in [1.29, 1.82) is 0 Å². The molecular weight excluding hydrogens is 513 g/mol. The predicted molar refractivity (Wildman–Crippen MR) is 130 cm³/mol. The van der Waals surface area contributed by atoms with E-state index in [1.165, 1.54) is 0 Å². The summed E-state index contributed by atoms with van der Waals surface area (Å²) in [6, 6.07) is 10.3. The van der Waals surface area contributed by atoms with Gasteiger partial charge in [0.1, 0.15) is 17.0 Å². The maximum atomic E-state index is 11.6. The van der Waals surface area contributed by atoms with Gasteiger partial charge in [-0.3, -0.25) is 19.6 Å². The lowest BCUT2D eigenvalue weighted by Crippen LogP contribution is -2.38. The number of carboxylic acids is 1. The molecule has 2 aromatic rings. The van der Waals surface area contributed by atoms with Crippen molar-refractivity contribution in [3.8, 4) is 0 Å². The number of alkyl halides is 3. The number of aliphatic carboxylic acids is 1. The number of pyridine rings is 2. The molecular formula is C23H31F3N6O6. The third-order valence-corrected chi connectivity index (χ3v) is 3.55. The van der Waals surface area contributed by atoms with Gasteiger partial charge in [0.2, 0.25) is 0 Å². The van der Waals surface area contributed by atoms with E-state index >= 15 is 0 Å². The van der Waals surface area contributed by atoms with Crippen molar-refractivity contribution >= 4 is 23.9 Å². The molecule has 210 valence electrons. The molecule has 0 saturated carbocycles. The lowest BCUT2D eigenvalue weighted by atomic mass is 10.2. The second-order valence-corrected chi connectivity index (χ2v) is 7.96. The van der Waals surface area contributed by atoms with Gasteiger partial charge in [-0.25, -0.2) is 9.59 Å². The van der Waals surface area contributed by atoms with Crippen molar-refractivity contribution in [3.63, 3.8) is 0 Å². The Hall–Kier alpha value is -4.27. The zero-order chi connectivity index (χ0) is 29.2. The smallest absolute Gasteiger partial charge is 0.475 e. The maximum absolute atomic E-state index is 11.6. The molecule has 12 nitrogen and oxygen atoms in total. The van der Waals surface area contributed by atoms with Crippen LogP contribution in [0.3, 0.4) is 0 Å². The van der Waals surface area contributed by atoms with Crippen LogP contribution in [0.25, 0.3) is 0 Å². The fourth-order valence-corrected chi connectivity index (χ4v) is 2.02. The Bertz CT molecular complexity index is 1000. The number of halogens is 3. The first-order valence-corrected chi connectivity index (χ1v) is 11.0. The van der Waals surface area contributed by atoms with Crippen LogP contribution >= 0.6 is 0 Å². The molecule has 0 radical (unpaired) electrons. The number of aromatic nitrogens is 2. The first-order valence-electron chi connectivity index (χ1n) is 11.0. The molecule has 0 aliphatic heterocycles. The minimum Gasteiger partial charge on any atom is -0.475 e. The van der Waals surface area contributed by atoms with Crippen LogP contribution in [0.4, 0.5) is 18.0 Å². The summed E-state index contributed by atoms with van der Waals surface area (Å²) in [4.78, 5) is 50.8. The highest BCUT2D eigenvalue weighted by Crippen LogP contribution is 2.13. The summed E-state index contributed by atoms with van der Waals surface area (Å²) >= 11 is 0. The quantitative estimate of drug-likeness (QED) is 0.324. The first-order chi connectivity index (χ1) is 17.7. The van der Waals surface area contributed by atoms with Gasteiger partial charge >= 0.3 is 18.2 Å². The molecule has 0 aliphatic carbocycles. The van der Waals surface area contributed by atoms with Gasteiger partial charge in [-0.15, -0.1) is 0 Å². The maximum Gasteiger partial charge on any atom is 0.490 e. The number of carbonyl (C=O) groups excluding carboxylic acids is 3. The highest BCUT2D eigenvalue weighted by Gasteiger charge is 2.38. The Kier molecular flexibility index (Phi) is 15.3. The van der Waals surface area contributed by atoms with E-state index in [9.17, 15) is 27.6 Å². The third-order valence-electron chi connectivity index (χ3n) is 3.55. The van der Waals surface area contributed by atoms with Crippen molar-refractivity contribution in [2.75, 3.05) is 26.2 Å². The van der Waals surface area contributed by atoms with Crippen LogP contribution in [0.5, 0.6) is 0 Å². The Morgan fingerprint density at radius 3 is 1.61 bits per heavy atom. The van der Waals surface area contributed by atoms with Crippen molar-refractivity contribution in [1.82, 2.24) is 25.9 Å². The van der Waals surface area contributed by atoms with E-state index in [1.54, 1.807) is 69.6 Å². The molecule has 2 rings (SSSR count). The van der Waals surface area contributed by atoms with Gasteiger partial charge in [-0.05, 0) is 45.0 Å². The number of carboxylic acid groups (broad SMARTS) is 1. The molecule has 0 spiro atoms. The molecule has 0 atom stereocenters. The first kappa shape index (κ1) is 33.7. The standard InChI is InChI=1S/C13H19N3O3.C8H11N3O.C2HF3O2/c1-13(2,3)19-12(18)16-9-8-15-11(17)10-6-4-5-7-14-10;9-4-6-11-8(12)7-3-1-2-5-10-7;3-2(4,5)1(6)7/h4-7H,8-9H2,1-3H3,(H,15,17)(H,16,18);1-3,5H,4,6,9H2,(H,11,12);(H,6,7). The van der Waals surface area contributed by atoms with Crippen molar-refractivity contribution in [3.05, 3.63) is 60.2 Å². The van der Waals surface area contributed by atoms with Crippen molar-refractivity contribution in [2.45, 2.75) is 32.5 Å². The largest absolute Gasteiger partial charge is 0.490 e. The van der Waals surface area contributed by atoms with Crippen LogP contribution < -0.4 is 21.7 Å². The Morgan fingerprint density at radius 1 is 0.842 bits per heavy atom. The lowest BCUT2D eigenvalue weighted by Gasteiger charge is -2.19. The Balaban J connectivity index is 0.000000612. The summed E-state index contributed by atoms with van der Waals surface area (Å²) in [6.45, 7) is 6.90. The van der Waals surface area contributed by atoms with Crippen LogP contribution in [0.15, 0.2) is 48.8 Å². The van der Waals surface area contributed by atoms with Crippen LogP contribution in [-0.2, 0) is 9.53 Å². The Morgan fingerprint density at radius 2 is 1.26 bits per heavy atom. The number of nitrogens with one attached hydrogen (secondary N) is 3. The summed E-state index contributed by atoms with van der Waals surface area (Å²) in [5, 5.41) is 14.9. The van der Waals surface area contributed by atoms with Gasteiger partial charge in [0.25, 0.3) is 11.8 Å². The molecule has 0 bridgehead atoms. The summed E-state index contributed by atoms with van der Waals surface area (Å²) in [7, 11) is 0. The summed E-state index contributed by atoms with van der Waals surface area (Å²) in [6.07, 6.45) is -2.45. The summed E-state index contributed by atoms with van der Waals surface area (Å²) in [5.74, 6) is -3.21. The molecule has 2 aromatic heterocycles. The van der Waals surface area contributed by atoms with E-state index < -0.39 is 23.8 Å². The number of hydrogen-bond donors (Lipinski definition) is 5. The molecule has 15 heteroatoms. The topological polar surface area (TPSA) is 186 Å². The molecule has 2 heterocycles. The monoisotopic (exact) mass is 544 g/mol. The second-order valence-electron chi connectivity index (χ2n) is 7.96. The number of nitrogens with zero attached hydrogens (tertiary/aromatic N) is 2. The Labute approximate surface area is 217 Å². The highest BCUT2D eigenvalue weighted by molar-refractivity contribution is 5.92. The fourth-order valence-electron chi connectivity index (χ4n) is 2.02. The molecule has 6 N–H and O–H groups in total. The van der Waals surface area contributed by atoms with Crippen molar-refractivity contribution in [2.24, 2.45) is 5.73 Å². The van der Waals surface area contributed by atoms with Gasteiger partial charge in [-0.1, -0.05) is 12.1 Å². The fraction of sp³-hybridized carbons (Fsp3) is 0.391. The van der Waals surface area contributed by atoms with Crippen LogP contribution in [0, 0.1) is 0 Å². The van der Waals surface area contributed by atoms with Gasteiger partial charge in [0, 0.05) is 38.6 Å². The number of nitrogens with two attached hydrogens (primary N) is 1. The minimum atomic E-state index is -5.08. The van der Waals surface area contributed by atoms with Crippen LogP contribution in [0.2, 0.25) is 0 Å². The molecule has 0 unspecified atom stereocenters. The average Bonchev–Trinajstić information content (AvgIpc) is 2.85. The molecule has 0 fully saturated rings. The zero-order valence-corrected chi connectivity index (χ0v) is 21.0. The van der Waals surface area contributed by atoms with E-state index in [-0.39, 0.29) is 11.8 Å². The SMILES string of the molecule is CC(C)(C)OC(=O)NCCNC(=O)c1ccccn1.NCCNC(=O)c1ccccn1.O=C(O)C(F)(F)F. The van der Waals surface area contributed by atoms with E-state index in [0.717, 1.165) is 0 Å². The van der Waals surface area contributed by atoms with Gasteiger partial charge in [-0.2, -0.15) is 13.2 Å². The highest BCUT2D eigenvalue weighted by atomic mass is 19.4. The lowest BCUT2D eigenvalue weighted by molar-refractivity contribution is -0.192. The van der Waals surface area contributed by atoms with Gasteiger partial charge < -0.3 is 31.5 Å². The molecule has 38 heavy (non-hydrogen) atoms. The van der Waals surface area contributed by atoms with Crippen LogP contribution in [-0.4, -0.2) is 76.9 Å². The number of hydrogen-bond acceptors (Lipinski definition) is 8. The molecule has 0 saturated heterocycles. The van der Waals surface area contributed by atoms with Gasteiger partial charge in [0.05, 0.1) is 0 Å². The third kappa shape index (κ3) is 17.2. The van der Waals surface area contributed by atoms with Gasteiger partial charge in [0.15, 0.2) is 0 Å². The van der Waals surface area contributed by atoms with E-state index in [1.807, 2.05) is 0 Å². The molecule has 0 aliphatic rings. The summed E-state index contributed by atoms with van der Waals surface area (Å²) < 4.78 is 36.8. The minimum absolute atomic E-state index is 0.180.